The molecule has 0 saturated heterocycles. The summed E-state index contributed by atoms with van der Waals surface area (Å²) in [7, 11) is 1.66. The number of methoxy groups -OCH3 is 1. The van der Waals surface area contributed by atoms with Crippen molar-refractivity contribution in [3.8, 4) is 16.9 Å². The Bertz CT molecular complexity index is 479. The molecule has 0 aliphatic rings. The molecule has 2 aromatic rings. The molecule has 0 radical (unpaired) electrons. The monoisotopic (exact) mass is 266 g/mol. The highest BCUT2D eigenvalue weighted by Crippen LogP contribution is 2.31. The first kappa shape index (κ1) is 10.2. The van der Waals surface area contributed by atoms with Crippen LogP contribution in [-0.2, 0) is 0 Å². The molecular formula is C11H11BrN2O. The molecule has 0 aliphatic carbocycles. The summed E-state index contributed by atoms with van der Waals surface area (Å²) in [5, 5.41) is 6.94. The van der Waals surface area contributed by atoms with Crippen LogP contribution in [0, 0.1) is 6.92 Å². The van der Waals surface area contributed by atoms with Gasteiger partial charge in [-0.15, -0.1) is 0 Å². The number of nitrogens with one attached hydrogen (secondary N) is 1. The molecule has 1 heterocycles. The zero-order valence-electron chi connectivity index (χ0n) is 8.54. The first-order valence-electron chi connectivity index (χ1n) is 4.56. The second-order valence-electron chi connectivity index (χ2n) is 3.23. The summed E-state index contributed by atoms with van der Waals surface area (Å²) in [6.45, 7) is 1.98. The maximum Gasteiger partial charge on any atom is 0.133 e. The van der Waals surface area contributed by atoms with E-state index in [1.54, 1.807) is 7.11 Å². The minimum atomic E-state index is 0.833. The summed E-state index contributed by atoms with van der Waals surface area (Å²) in [6, 6.07) is 5.98. The predicted molar refractivity (Wildman–Crippen MR) is 63.0 cm³/mol. The van der Waals surface area contributed by atoms with Crippen LogP contribution in [0.3, 0.4) is 0 Å². The molecule has 2 rings (SSSR count). The molecule has 4 heteroatoms. The van der Waals surface area contributed by atoms with Gasteiger partial charge in [0.25, 0.3) is 0 Å². The van der Waals surface area contributed by atoms with Gasteiger partial charge >= 0.3 is 0 Å². The number of rotatable bonds is 2. The van der Waals surface area contributed by atoms with Crippen molar-refractivity contribution in [1.82, 2.24) is 10.2 Å². The summed E-state index contributed by atoms with van der Waals surface area (Å²) in [4.78, 5) is 0. The molecule has 0 bridgehead atoms. The molecule has 1 N–H and O–H groups in total. The number of ether oxygens (including phenoxy) is 1. The molecule has 0 saturated carbocycles. The predicted octanol–water partition coefficient (Wildman–Crippen LogP) is 3.16. The highest BCUT2D eigenvalue weighted by atomic mass is 79.9. The van der Waals surface area contributed by atoms with Crippen molar-refractivity contribution in [3.05, 3.63) is 34.6 Å². The number of hydrogen-bond donors (Lipinski definition) is 1. The average molecular weight is 267 g/mol. The zero-order valence-corrected chi connectivity index (χ0v) is 10.1. The number of nitrogens with zero attached hydrogens (tertiary/aromatic N) is 1. The Balaban J connectivity index is 2.47. The van der Waals surface area contributed by atoms with Crippen LogP contribution < -0.4 is 4.74 Å². The molecular weight excluding hydrogens is 256 g/mol. The van der Waals surface area contributed by atoms with Crippen molar-refractivity contribution < 1.29 is 4.74 Å². The van der Waals surface area contributed by atoms with Gasteiger partial charge in [0, 0.05) is 11.8 Å². The highest BCUT2D eigenvalue weighted by Gasteiger charge is 2.06. The maximum absolute atomic E-state index is 5.18. The van der Waals surface area contributed by atoms with Gasteiger partial charge < -0.3 is 4.74 Å². The van der Waals surface area contributed by atoms with E-state index in [2.05, 4.69) is 26.1 Å². The Kier molecular flexibility index (Phi) is 2.77. The second kappa shape index (κ2) is 4.06. The molecule has 0 spiro atoms. The number of halogens is 1. The van der Waals surface area contributed by atoms with Gasteiger partial charge in [0.05, 0.1) is 17.3 Å². The summed E-state index contributed by atoms with van der Waals surface area (Å²) in [5.41, 5.74) is 3.22. The number of H-pyrrole nitrogens is 1. The molecule has 78 valence electrons. The van der Waals surface area contributed by atoms with E-state index in [0.29, 0.717) is 0 Å². The van der Waals surface area contributed by atoms with Crippen molar-refractivity contribution >= 4 is 15.9 Å². The lowest BCUT2D eigenvalue weighted by Gasteiger charge is -2.05. The Hall–Kier alpha value is -1.29. The summed E-state index contributed by atoms with van der Waals surface area (Å²) < 4.78 is 6.12. The standard InChI is InChI=1S/C11H11BrN2O/c1-7-9(6-13-14-7)8-3-4-11(15-2)10(12)5-8/h3-6H,1-2H3,(H,13,14). The van der Waals surface area contributed by atoms with Gasteiger partial charge in [-0.3, -0.25) is 5.10 Å². The van der Waals surface area contributed by atoms with Crippen LogP contribution in [0.1, 0.15) is 5.69 Å². The largest absolute Gasteiger partial charge is 0.496 e. The molecule has 1 aromatic heterocycles. The van der Waals surface area contributed by atoms with Crippen molar-refractivity contribution in [2.45, 2.75) is 6.92 Å². The van der Waals surface area contributed by atoms with Crippen LogP contribution in [0.5, 0.6) is 5.75 Å². The third-order valence-electron chi connectivity index (χ3n) is 2.29. The van der Waals surface area contributed by atoms with Gasteiger partial charge in [0.15, 0.2) is 0 Å². The van der Waals surface area contributed by atoms with Gasteiger partial charge in [0.2, 0.25) is 0 Å². The van der Waals surface area contributed by atoms with E-state index in [4.69, 9.17) is 4.74 Å². The zero-order chi connectivity index (χ0) is 10.8. The quantitative estimate of drug-likeness (QED) is 0.907. The van der Waals surface area contributed by atoms with Crippen LogP contribution in [0.4, 0.5) is 0 Å². The van der Waals surface area contributed by atoms with Gasteiger partial charge in [-0.2, -0.15) is 5.10 Å². The minimum Gasteiger partial charge on any atom is -0.496 e. The fourth-order valence-corrected chi connectivity index (χ4v) is 2.03. The van der Waals surface area contributed by atoms with Crippen LogP contribution in [0.15, 0.2) is 28.9 Å². The van der Waals surface area contributed by atoms with E-state index >= 15 is 0 Å². The fraction of sp³-hybridized carbons (Fsp3) is 0.182. The Labute approximate surface area is 96.6 Å². The van der Waals surface area contributed by atoms with E-state index < -0.39 is 0 Å². The van der Waals surface area contributed by atoms with Crippen LogP contribution >= 0.6 is 15.9 Å². The van der Waals surface area contributed by atoms with Gasteiger partial charge in [-0.25, -0.2) is 0 Å². The average Bonchev–Trinajstić information content (AvgIpc) is 2.64. The number of aryl methyl sites for hydroxylation is 1. The first-order valence-corrected chi connectivity index (χ1v) is 5.36. The number of benzene rings is 1. The Morgan fingerprint density at radius 2 is 2.20 bits per heavy atom. The Morgan fingerprint density at radius 1 is 1.40 bits per heavy atom. The molecule has 0 unspecified atom stereocenters. The van der Waals surface area contributed by atoms with Crippen molar-refractivity contribution in [3.63, 3.8) is 0 Å². The molecule has 3 nitrogen and oxygen atoms in total. The number of hydrogen-bond acceptors (Lipinski definition) is 2. The Morgan fingerprint density at radius 3 is 2.73 bits per heavy atom. The topological polar surface area (TPSA) is 37.9 Å². The highest BCUT2D eigenvalue weighted by molar-refractivity contribution is 9.10. The van der Waals surface area contributed by atoms with E-state index in [0.717, 1.165) is 27.0 Å². The molecule has 15 heavy (non-hydrogen) atoms. The molecule has 0 aliphatic heterocycles. The minimum absolute atomic E-state index is 0.833. The fourth-order valence-electron chi connectivity index (χ4n) is 1.48. The number of aromatic amines is 1. The third-order valence-corrected chi connectivity index (χ3v) is 2.91. The van der Waals surface area contributed by atoms with E-state index in [1.807, 2.05) is 31.3 Å². The lowest BCUT2D eigenvalue weighted by molar-refractivity contribution is 0.412. The SMILES string of the molecule is COc1ccc(-c2c[nH]nc2C)cc1Br. The van der Waals surface area contributed by atoms with Gasteiger partial charge in [0.1, 0.15) is 5.75 Å². The summed E-state index contributed by atoms with van der Waals surface area (Å²) in [5.74, 6) is 0.833. The smallest absolute Gasteiger partial charge is 0.133 e. The second-order valence-corrected chi connectivity index (χ2v) is 4.09. The van der Waals surface area contributed by atoms with Crippen molar-refractivity contribution in [2.75, 3.05) is 7.11 Å². The van der Waals surface area contributed by atoms with Crippen LogP contribution in [-0.4, -0.2) is 17.3 Å². The van der Waals surface area contributed by atoms with E-state index in [-0.39, 0.29) is 0 Å². The van der Waals surface area contributed by atoms with Crippen LogP contribution in [0.25, 0.3) is 11.1 Å². The first-order chi connectivity index (χ1) is 7.22. The van der Waals surface area contributed by atoms with E-state index in [9.17, 15) is 0 Å². The molecule has 0 atom stereocenters. The lowest BCUT2D eigenvalue weighted by Crippen LogP contribution is -1.85. The normalized spacial score (nSPS) is 10.3. The number of aromatic nitrogens is 2. The lowest BCUT2D eigenvalue weighted by atomic mass is 10.1. The van der Waals surface area contributed by atoms with E-state index in [1.165, 1.54) is 0 Å². The van der Waals surface area contributed by atoms with Crippen LogP contribution in [0.2, 0.25) is 0 Å². The molecule has 0 fully saturated rings. The summed E-state index contributed by atoms with van der Waals surface area (Å²) >= 11 is 3.46. The van der Waals surface area contributed by atoms with Gasteiger partial charge in [-0.05, 0) is 40.5 Å². The van der Waals surface area contributed by atoms with Gasteiger partial charge in [-0.1, -0.05) is 6.07 Å². The van der Waals surface area contributed by atoms with Crippen molar-refractivity contribution in [2.24, 2.45) is 0 Å². The summed E-state index contributed by atoms with van der Waals surface area (Å²) in [6.07, 6.45) is 1.89. The maximum atomic E-state index is 5.18. The molecule has 0 amide bonds. The molecule has 1 aromatic carbocycles. The van der Waals surface area contributed by atoms with Crippen molar-refractivity contribution in [1.29, 1.82) is 0 Å². The third kappa shape index (κ3) is 1.90.